The second kappa shape index (κ2) is 9.78. The topological polar surface area (TPSA) is 49.4 Å². The Morgan fingerprint density at radius 1 is 1.10 bits per heavy atom. The molecule has 1 aliphatic rings. The predicted octanol–water partition coefficient (Wildman–Crippen LogP) is 5.88. The van der Waals surface area contributed by atoms with Gasteiger partial charge in [-0.25, -0.2) is 0 Å². The second-order valence-corrected chi connectivity index (χ2v) is 10.5. The highest BCUT2D eigenvalue weighted by atomic mass is 32.1. The Balaban J connectivity index is 1.98. The molecule has 0 spiro atoms. The van der Waals surface area contributed by atoms with Gasteiger partial charge in [-0.3, -0.25) is 9.59 Å². The molecule has 4 nitrogen and oxygen atoms in total. The molecular weight excluding hydrogens is 392 g/mol. The van der Waals surface area contributed by atoms with Crippen molar-refractivity contribution in [3.63, 3.8) is 0 Å². The molecule has 1 aromatic heterocycles. The van der Waals surface area contributed by atoms with Crippen LogP contribution < -0.4 is 5.32 Å². The number of fused-ring (bicyclic) bond motifs is 1. The van der Waals surface area contributed by atoms with Crippen LogP contribution in [0.1, 0.15) is 72.2 Å². The van der Waals surface area contributed by atoms with E-state index < -0.39 is 0 Å². The number of anilines is 1. The molecule has 2 amide bonds. The van der Waals surface area contributed by atoms with E-state index in [9.17, 15) is 9.59 Å². The minimum atomic E-state index is -0.157. The van der Waals surface area contributed by atoms with E-state index in [1.807, 2.05) is 23.1 Å². The molecule has 1 aromatic carbocycles. The molecule has 0 fully saturated rings. The first-order valence-corrected chi connectivity index (χ1v) is 11.9. The van der Waals surface area contributed by atoms with Crippen molar-refractivity contribution in [2.45, 2.75) is 53.9 Å². The standard InChI is InChI=1S/C25H34N2O2S/c1-16(2)14-27(15-17(3)4)25(29)22-20-12-11-18(5)13-21(20)30-24(22)26-23(28)19-9-7-6-8-10-19/h6-10,16-18H,11-15H2,1-5H3,(H,26,28)/t18-/m1/s1. The Morgan fingerprint density at radius 2 is 1.73 bits per heavy atom. The fourth-order valence-electron chi connectivity index (χ4n) is 4.11. The van der Waals surface area contributed by atoms with Crippen molar-refractivity contribution in [3.05, 3.63) is 51.9 Å². The van der Waals surface area contributed by atoms with Gasteiger partial charge >= 0.3 is 0 Å². The Bertz CT molecular complexity index is 876. The van der Waals surface area contributed by atoms with Crippen LogP contribution in [0.5, 0.6) is 0 Å². The van der Waals surface area contributed by atoms with Gasteiger partial charge in [-0.1, -0.05) is 52.8 Å². The predicted molar refractivity (Wildman–Crippen MR) is 125 cm³/mol. The summed E-state index contributed by atoms with van der Waals surface area (Å²) in [6.45, 7) is 12.3. The normalized spacial score (nSPS) is 15.9. The molecule has 1 atom stereocenters. The maximum absolute atomic E-state index is 13.8. The average molecular weight is 427 g/mol. The van der Waals surface area contributed by atoms with Crippen LogP contribution in [-0.2, 0) is 12.8 Å². The molecule has 0 unspecified atom stereocenters. The number of carbonyl (C=O) groups is 2. The molecule has 0 bridgehead atoms. The van der Waals surface area contributed by atoms with Crippen LogP contribution in [-0.4, -0.2) is 29.8 Å². The summed E-state index contributed by atoms with van der Waals surface area (Å²) in [5, 5.41) is 3.79. The summed E-state index contributed by atoms with van der Waals surface area (Å²) in [6.07, 6.45) is 2.98. The summed E-state index contributed by atoms with van der Waals surface area (Å²) in [4.78, 5) is 29.9. The Labute approximate surface area is 184 Å². The lowest BCUT2D eigenvalue weighted by molar-refractivity contribution is 0.0715. The average Bonchev–Trinajstić information content (AvgIpc) is 3.03. The van der Waals surface area contributed by atoms with Crippen LogP contribution in [0.4, 0.5) is 5.00 Å². The minimum absolute atomic E-state index is 0.0628. The molecule has 0 saturated heterocycles. The lowest BCUT2D eigenvalue weighted by atomic mass is 9.88. The van der Waals surface area contributed by atoms with E-state index in [1.165, 1.54) is 4.88 Å². The van der Waals surface area contributed by atoms with E-state index in [0.717, 1.165) is 43.5 Å². The maximum atomic E-state index is 13.8. The summed E-state index contributed by atoms with van der Waals surface area (Å²) < 4.78 is 0. The van der Waals surface area contributed by atoms with Crippen molar-refractivity contribution in [3.8, 4) is 0 Å². The summed E-state index contributed by atoms with van der Waals surface area (Å²) >= 11 is 1.59. The number of nitrogens with one attached hydrogen (secondary N) is 1. The highest BCUT2D eigenvalue weighted by Crippen LogP contribution is 2.40. The summed E-state index contributed by atoms with van der Waals surface area (Å²) in [6, 6.07) is 9.21. The van der Waals surface area contributed by atoms with Crippen LogP contribution in [0.3, 0.4) is 0 Å². The van der Waals surface area contributed by atoms with Gasteiger partial charge in [0.05, 0.1) is 5.56 Å². The van der Waals surface area contributed by atoms with Crippen molar-refractivity contribution in [1.82, 2.24) is 4.90 Å². The second-order valence-electron chi connectivity index (χ2n) is 9.37. The lowest BCUT2D eigenvalue weighted by Crippen LogP contribution is -2.37. The Hall–Kier alpha value is -2.14. The van der Waals surface area contributed by atoms with E-state index >= 15 is 0 Å². The molecule has 1 aliphatic carbocycles. The SMILES string of the molecule is CC(C)CN(CC(C)C)C(=O)c1c(NC(=O)c2ccccc2)sc2c1CC[C@@H](C)C2. The van der Waals surface area contributed by atoms with Crippen molar-refractivity contribution >= 4 is 28.2 Å². The molecule has 30 heavy (non-hydrogen) atoms. The number of nitrogens with zero attached hydrogens (tertiary/aromatic N) is 1. The van der Waals surface area contributed by atoms with Crippen molar-refractivity contribution < 1.29 is 9.59 Å². The molecular formula is C25H34N2O2S. The molecule has 3 rings (SSSR count). The Morgan fingerprint density at radius 3 is 2.33 bits per heavy atom. The molecule has 0 radical (unpaired) electrons. The highest BCUT2D eigenvalue weighted by Gasteiger charge is 2.31. The number of thiophene rings is 1. The van der Waals surface area contributed by atoms with E-state index in [-0.39, 0.29) is 11.8 Å². The van der Waals surface area contributed by atoms with Gasteiger partial charge in [-0.2, -0.15) is 0 Å². The van der Waals surface area contributed by atoms with Gasteiger partial charge in [-0.15, -0.1) is 11.3 Å². The first-order valence-electron chi connectivity index (χ1n) is 11.1. The first kappa shape index (κ1) is 22.5. The number of benzene rings is 1. The zero-order valence-corrected chi connectivity index (χ0v) is 19.6. The monoisotopic (exact) mass is 426 g/mol. The van der Waals surface area contributed by atoms with E-state index in [0.29, 0.717) is 28.3 Å². The van der Waals surface area contributed by atoms with Gasteiger partial charge in [0.2, 0.25) is 0 Å². The van der Waals surface area contributed by atoms with E-state index in [2.05, 4.69) is 39.9 Å². The van der Waals surface area contributed by atoms with Crippen molar-refractivity contribution in [2.75, 3.05) is 18.4 Å². The van der Waals surface area contributed by atoms with Gasteiger partial charge in [0.1, 0.15) is 5.00 Å². The number of rotatable bonds is 7. The number of hydrogen-bond donors (Lipinski definition) is 1. The molecule has 0 saturated carbocycles. The third-order valence-electron chi connectivity index (χ3n) is 5.45. The lowest BCUT2D eigenvalue weighted by Gasteiger charge is -2.28. The van der Waals surface area contributed by atoms with Gasteiger partial charge < -0.3 is 10.2 Å². The molecule has 2 aromatic rings. The molecule has 1 N–H and O–H groups in total. The van der Waals surface area contributed by atoms with Crippen LogP contribution in [0.2, 0.25) is 0 Å². The third-order valence-corrected chi connectivity index (χ3v) is 6.62. The summed E-state index contributed by atoms with van der Waals surface area (Å²) in [7, 11) is 0. The summed E-state index contributed by atoms with van der Waals surface area (Å²) in [5.41, 5.74) is 2.49. The number of hydrogen-bond acceptors (Lipinski definition) is 3. The minimum Gasteiger partial charge on any atom is -0.338 e. The largest absolute Gasteiger partial charge is 0.338 e. The van der Waals surface area contributed by atoms with E-state index in [1.54, 1.807) is 23.5 Å². The molecule has 1 heterocycles. The van der Waals surface area contributed by atoms with Gasteiger partial charge in [0, 0.05) is 23.5 Å². The van der Waals surface area contributed by atoms with E-state index in [4.69, 9.17) is 0 Å². The number of amides is 2. The maximum Gasteiger partial charge on any atom is 0.257 e. The molecule has 162 valence electrons. The quantitative estimate of drug-likeness (QED) is 0.601. The van der Waals surface area contributed by atoms with Crippen LogP contribution in [0, 0.1) is 17.8 Å². The first-order chi connectivity index (χ1) is 14.3. The molecule has 5 heteroatoms. The fourth-order valence-corrected chi connectivity index (χ4v) is 5.51. The summed E-state index contributed by atoms with van der Waals surface area (Å²) in [5.74, 6) is 1.30. The number of carbonyl (C=O) groups excluding carboxylic acids is 2. The Kier molecular flexibility index (Phi) is 7.35. The van der Waals surface area contributed by atoms with Gasteiger partial charge in [0.15, 0.2) is 0 Å². The zero-order chi connectivity index (χ0) is 21.8. The highest BCUT2D eigenvalue weighted by molar-refractivity contribution is 7.17. The molecule has 0 aliphatic heterocycles. The fraction of sp³-hybridized carbons (Fsp3) is 0.520. The van der Waals surface area contributed by atoms with Crippen LogP contribution >= 0.6 is 11.3 Å². The smallest absolute Gasteiger partial charge is 0.257 e. The zero-order valence-electron chi connectivity index (χ0n) is 18.8. The van der Waals surface area contributed by atoms with Gasteiger partial charge in [-0.05, 0) is 54.7 Å². The van der Waals surface area contributed by atoms with Crippen LogP contribution in [0.25, 0.3) is 0 Å². The third kappa shape index (κ3) is 5.31. The van der Waals surface area contributed by atoms with Gasteiger partial charge in [0.25, 0.3) is 11.8 Å². The van der Waals surface area contributed by atoms with Crippen molar-refractivity contribution in [1.29, 1.82) is 0 Å². The van der Waals surface area contributed by atoms with Crippen LogP contribution in [0.15, 0.2) is 30.3 Å². The van der Waals surface area contributed by atoms with Crippen molar-refractivity contribution in [2.24, 2.45) is 17.8 Å².